The molecule has 1 atom stereocenters. The van der Waals surface area contributed by atoms with Gasteiger partial charge in [0.15, 0.2) is 0 Å². The third-order valence-electron chi connectivity index (χ3n) is 4.44. The van der Waals surface area contributed by atoms with Gasteiger partial charge in [-0.25, -0.2) is 0 Å². The van der Waals surface area contributed by atoms with Crippen LogP contribution in [0, 0.1) is 0 Å². The van der Waals surface area contributed by atoms with Crippen LogP contribution in [0.5, 0.6) is 0 Å². The maximum atomic E-state index is 12.8. The van der Waals surface area contributed by atoms with E-state index in [4.69, 9.17) is 0 Å². The second kappa shape index (κ2) is 6.89. The number of hydrogen-bond donors (Lipinski definition) is 1. The molecular formula is C17H26N2O. The van der Waals surface area contributed by atoms with Gasteiger partial charge in [-0.2, -0.15) is 0 Å². The maximum Gasteiger partial charge on any atom is 0.242 e. The van der Waals surface area contributed by atoms with Crippen molar-refractivity contribution in [2.24, 2.45) is 0 Å². The first-order valence-electron chi connectivity index (χ1n) is 7.80. The third-order valence-corrected chi connectivity index (χ3v) is 4.44. The molecule has 0 spiro atoms. The van der Waals surface area contributed by atoms with Gasteiger partial charge in [-0.3, -0.25) is 4.79 Å². The van der Waals surface area contributed by atoms with Crippen LogP contribution >= 0.6 is 0 Å². The number of nitrogens with zero attached hydrogens (tertiary/aromatic N) is 1. The van der Waals surface area contributed by atoms with E-state index in [-0.39, 0.29) is 11.4 Å². The van der Waals surface area contributed by atoms with Crippen LogP contribution in [0.15, 0.2) is 30.3 Å². The molecule has 0 saturated carbocycles. The molecule has 3 nitrogen and oxygen atoms in total. The Kier molecular flexibility index (Phi) is 5.18. The van der Waals surface area contributed by atoms with Gasteiger partial charge >= 0.3 is 0 Å². The summed E-state index contributed by atoms with van der Waals surface area (Å²) in [5.41, 5.74) is 0.996. The summed E-state index contributed by atoms with van der Waals surface area (Å²) in [6.07, 6.45) is 3.90. The summed E-state index contributed by atoms with van der Waals surface area (Å²) in [4.78, 5) is 14.8. The molecule has 1 N–H and O–H groups in total. The lowest BCUT2D eigenvalue weighted by atomic mass is 9.92. The molecule has 1 aliphatic rings. The van der Waals surface area contributed by atoms with Crippen molar-refractivity contribution in [3.8, 4) is 0 Å². The standard InChI is InChI=1S/C17H26N2O/c1-3-17(12-8-13-18-17)16(20)19(4-2)14-11-15-9-6-5-7-10-15/h5-7,9-10,18H,3-4,8,11-14H2,1-2H3. The predicted molar refractivity (Wildman–Crippen MR) is 82.7 cm³/mol. The molecule has 1 unspecified atom stereocenters. The molecule has 110 valence electrons. The Labute approximate surface area is 122 Å². The molecule has 1 amide bonds. The summed E-state index contributed by atoms with van der Waals surface area (Å²) in [6, 6.07) is 10.4. The SMILES string of the molecule is CCN(CCc1ccccc1)C(=O)C1(CC)CCCN1. The number of hydrogen-bond acceptors (Lipinski definition) is 2. The lowest BCUT2D eigenvalue weighted by Crippen LogP contribution is -2.54. The maximum absolute atomic E-state index is 12.8. The van der Waals surface area contributed by atoms with E-state index < -0.39 is 0 Å². The second-order valence-electron chi connectivity index (χ2n) is 5.59. The molecule has 1 aromatic rings. The summed E-state index contributed by atoms with van der Waals surface area (Å²) in [5, 5.41) is 3.44. The van der Waals surface area contributed by atoms with Gasteiger partial charge in [0.05, 0.1) is 5.54 Å². The highest BCUT2D eigenvalue weighted by molar-refractivity contribution is 5.86. The highest BCUT2D eigenvalue weighted by Gasteiger charge is 2.41. The zero-order valence-electron chi connectivity index (χ0n) is 12.7. The van der Waals surface area contributed by atoms with E-state index in [0.717, 1.165) is 45.3 Å². The molecule has 0 aliphatic carbocycles. The molecule has 2 rings (SSSR count). The summed E-state index contributed by atoms with van der Waals surface area (Å²) >= 11 is 0. The van der Waals surface area contributed by atoms with Crippen LogP contribution < -0.4 is 5.32 Å². The van der Waals surface area contributed by atoms with E-state index in [0.29, 0.717) is 0 Å². The number of amides is 1. The number of likely N-dealkylation sites (N-methyl/N-ethyl adjacent to an activating group) is 1. The quantitative estimate of drug-likeness (QED) is 0.865. The monoisotopic (exact) mass is 274 g/mol. The number of rotatable bonds is 6. The van der Waals surface area contributed by atoms with Crippen LogP contribution in [0.25, 0.3) is 0 Å². The first-order chi connectivity index (χ1) is 9.72. The molecule has 1 fully saturated rings. The van der Waals surface area contributed by atoms with Gasteiger partial charge in [0.1, 0.15) is 0 Å². The van der Waals surface area contributed by atoms with Crippen molar-refractivity contribution in [3.63, 3.8) is 0 Å². The molecule has 20 heavy (non-hydrogen) atoms. The van der Waals surface area contributed by atoms with Gasteiger partial charge in [0.2, 0.25) is 5.91 Å². The minimum Gasteiger partial charge on any atom is -0.341 e. The minimum absolute atomic E-state index is 0.288. The van der Waals surface area contributed by atoms with Crippen molar-refractivity contribution in [2.45, 2.75) is 45.1 Å². The van der Waals surface area contributed by atoms with Crippen molar-refractivity contribution >= 4 is 5.91 Å². The highest BCUT2D eigenvalue weighted by Crippen LogP contribution is 2.25. The van der Waals surface area contributed by atoms with Crippen LogP contribution in [-0.4, -0.2) is 36.0 Å². The van der Waals surface area contributed by atoms with Gasteiger partial charge in [-0.05, 0) is 44.7 Å². The van der Waals surface area contributed by atoms with Crippen LogP contribution in [0.4, 0.5) is 0 Å². The Morgan fingerprint density at radius 3 is 2.60 bits per heavy atom. The fourth-order valence-corrected chi connectivity index (χ4v) is 3.06. The summed E-state index contributed by atoms with van der Waals surface area (Å²) in [7, 11) is 0. The van der Waals surface area contributed by atoms with Crippen LogP contribution in [0.3, 0.4) is 0 Å². The average Bonchev–Trinajstić information content (AvgIpc) is 2.99. The van der Waals surface area contributed by atoms with E-state index in [9.17, 15) is 4.79 Å². The molecule has 1 saturated heterocycles. The van der Waals surface area contributed by atoms with Crippen molar-refractivity contribution < 1.29 is 4.79 Å². The molecule has 1 heterocycles. The van der Waals surface area contributed by atoms with Gasteiger partial charge < -0.3 is 10.2 Å². The van der Waals surface area contributed by atoms with Crippen LogP contribution in [-0.2, 0) is 11.2 Å². The van der Waals surface area contributed by atoms with E-state index >= 15 is 0 Å². The van der Waals surface area contributed by atoms with Gasteiger partial charge in [-0.15, -0.1) is 0 Å². The Morgan fingerprint density at radius 1 is 1.30 bits per heavy atom. The normalized spacial score (nSPS) is 21.9. The second-order valence-corrected chi connectivity index (χ2v) is 5.59. The summed E-state index contributed by atoms with van der Waals surface area (Å²) in [5.74, 6) is 0.288. The molecule has 0 aromatic heterocycles. The Hall–Kier alpha value is -1.35. The number of benzene rings is 1. The smallest absolute Gasteiger partial charge is 0.242 e. The Bertz CT molecular complexity index is 424. The first kappa shape index (κ1) is 15.0. The topological polar surface area (TPSA) is 32.3 Å². The zero-order chi connectivity index (χ0) is 14.4. The fourth-order valence-electron chi connectivity index (χ4n) is 3.06. The van der Waals surface area contributed by atoms with Crippen LogP contribution in [0.1, 0.15) is 38.7 Å². The summed E-state index contributed by atoms with van der Waals surface area (Å²) in [6.45, 7) is 6.75. The highest BCUT2D eigenvalue weighted by atomic mass is 16.2. The van der Waals surface area contributed by atoms with E-state index in [1.54, 1.807) is 0 Å². The molecule has 3 heteroatoms. The molecule has 0 bridgehead atoms. The van der Waals surface area contributed by atoms with Crippen molar-refractivity contribution in [1.29, 1.82) is 0 Å². The largest absolute Gasteiger partial charge is 0.341 e. The lowest BCUT2D eigenvalue weighted by molar-refractivity contribution is -0.137. The summed E-state index contributed by atoms with van der Waals surface area (Å²) < 4.78 is 0. The van der Waals surface area contributed by atoms with E-state index in [1.807, 2.05) is 11.0 Å². The third kappa shape index (κ3) is 3.21. The minimum atomic E-state index is -0.299. The first-order valence-corrected chi connectivity index (χ1v) is 7.80. The number of nitrogens with one attached hydrogen (secondary N) is 1. The molecule has 1 aliphatic heterocycles. The van der Waals surface area contributed by atoms with Crippen molar-refractivity contribution in [2.75, 3.05) is 19.6 Å². The van der Waals surface area contributed by atoms with Gasteiger partial charge in [-0.1, -0.05) is 37.3 Å². The van der Waals surface area contributed by atoms with Crippen molar-refractivity contribution in [1.82, 2.24) is 10.2 Å². The van der Waals surface area contributed by atoms with E-state index in [1.165, 1.54) is 5.56 Å². The van der Waals surface area contributed by atoms with Gasteiger partial charge in [0.25, 0.3) is 0 Å². The van der Waals surface area contributed by atoms with Gasteiger partial charge in [0, 0.05) is 13.1 Å². The zero-order valence-corrected chi connectivity index (χ0v) is 12.7. The Balaban J connectivity index is 1.99. The average molecular weight is 274 g/mol. The molecule has 0 radical (unpaired) electrons. The predicted octanol–water partition coefficient (Wildman–Crippen LogP) is 2.61. The Morgan fingerprint density at radius 2 is 2.05 bits per heavy atom. The number of carbonyl (C=O) groups is 1. The molecular weight excluding hydrogens is 248 g/mol. The van der Waals surface area contributed by atoms with Crippen molar-refractivity contribution in [3.05, 3.63) is 35.9 Å². The van der Waals surface area contributed by atoms with E-state index in [2.05, 4.69) is 43.4 Å². The number of carbonyl (C=O) groups excluding carboxylic acids is 1. The lowest BCUT2D eigenvalue weighted by Gasteiger charge is -2.33. The van der Waals surface area contributed by atoms with Crippen LogP contribution in [0.2, 0.25) is 0 Å². The fraction of sp³-hybridized carbons (Fsp3) is 0.588. The molecule has 1 aromatic carbocycles.